The maximum absolute atomic E-state index is 12.9. The first-order valence-electron chi connectivity index (χ1n) is 9.69. The third-order valence-corrected chi connectivity index (χ3v) is 4.36. The van der Waals surface area contributed by atoms with E-state index in [2.05, 4.69) is 15.6 Å². The Morgan fingerprint density at radius 1 is 0.966 bits per heavy atom. The lowest BCUT2D eigenvalue weighted by Crippen LogP contribution is -2.37. The van der Waals surface area contributed by atoms with Gasteiger partial charge >= 0.3 is 6.03 Å². The number of hydrogen-bond acceptors (Lipinski definition) is 3. The van der Waals surface area contributed by atoms with Gasteiger partial charge in [-0.05, 0) is 61.2 Å². The van der Waals surface area contributed by atoms with Gasteiger partial charge in [-0.1, -0.05) is 12.1 Å². The maximum atomic E-state index is 12.9. The predicted octanol–water partition coefficient (Wildman–Crippen LogP) is 4.14. The number of aryl methyl sites for hydroxylation is 1. The molecule has 0 unspecified atom stereocenters. The van der Waals surface area contributed by atoms with Crippen molar-refractivity contribution in [2.45, 2.75) is 25.8 Å². The number of aromatic nitrogens is 2. The summed E-state index contributed by atoms with van der Waals surface area (Å²) >= 11 is 0. The Morgan fingerprint density at radius 3 is 2.34 bits per heavy atom. The summed E-state index contributed by atoms with van der Waals surface area (Å²) in [6.07, 6.45) is 8.12. The Labute approximate surface area is 169 Å². The molecule has 0 bridgehead atoms. The quantitative estimate of drug-likeness (QED) is 0.506. The lowest BCUT2D eigenvalue weighted by atomic mass is 10.1. The molecule has 0 aliphatic heterocycles. The number of rotatable bonds is 10. The summed E-state index contributed by atoms with van der Waals surface area (Å²) in [5.41, 5.74) is 1.09. The van der Waals surface area contributed by atoms with Crippen molar-refractivity contribution >= 4 is 6.03 Å². The fourth-order valence-electron chi connectivity index (χ4n) is 2.79. The number of nitrogens with one attached hydrogen (secondary N) is 2. The van der Waals surface area contributed by atoms with E-state index < -0.39 is 0 Å². The van der Waals surface area contributed by atoms with Crippen LogP contribution < -0.4 is 15.4 Å². The van der Waals surface area contributed by atoms with E-state index in [9.17, 15) is 9.18 Å². The highest BCUT2D eigenvalue weighted by Crippen LogP contribution is 2.21. The van der Waals surface area contributed by atoms with Crippen molar-refractivity contribution in [2.75, 3.05) is 13.1 Å². The lowest BCUT2D eigenvalue weighted by Gasteiger charge is -2.09. The van der Waals surface area contributed by atoms with E-state index in [1.807, 2.05) is 35.0 Å². The molecule has 7 heteroatoms. The molecule has 2 N–H and O–H groups in total. The molecule has 0 atom stereocenters. The first kappa shape index (κ1) is 20.4. The highest BCUT2D eigenvalue weighted by atomic mass is 19.1. The van der Waals surface area contributed by atoms with Gasteiger partial charge in [0, 0.05) is 32.0 Å². The maximum Gasteiger partial charge on any atom is 0.314 e. The van der Waals surface area contributed by atoms with Crippen molar-refractivity contribution in [3.05, 3.63) is 78.6 Å². The zero-order valence-electron chi connectivity index (χ0n) is 16.2. The van der Waals surface area contributed by atoms with E-state index in [1.54, 1.807) is 24.7 Å². The van der Waals surface area contributed by atoms with E-state index in [1.165, 1.54) is 12.1 Å². The molecular formula is C22H25FN4O2. The number of urea groups is 1. The molecule has 1 aromatic heterocycles. The average Bonchev–Trinajstić information content (AvgIpc) is 3.24. The van der Waals surface area contributed by atoms with Crippen LogP contribution in [0, 0.1) is 5.82 Å². The topological polar surface area (TPSA) is 68.2 Å². The van der Waals surface area contributed by atoms with Gasteiger partial charge in [-0.15, -0.1) is 0 Å². The molecule has 0 saturated heterocycles. The molecule has 2 amide bonds. The molecule has 0 spiro atoms. The summed E-state index contributed by atoms with van der Waals surface area (Å²) in [6, 6.07) is 13.4. The summed E-state index contributed by atoms with van der Waals surface area (Å²) < 4.78 is 20.6. The van der Waals surface area contributed by atoms with Crippen LogP contribution in [-0.2, 0) is 13.0 Å². The molecule has 152 valence electrons. The minimum atomic E-state index is -0.293. The second-order valence-electron chi connectivity index (χ2n) is 6.64. The highest BCUT2D eigenvalue weighted by molar-refractivity contribution is 5.73. The van der Waals surface area contributed by atoms with Crippen LogP contribution in [0.15, 0.2) is 67.3 Å². The smallest absolute Gasteiger partial charge is 0.314 e. The van der Waals surface area contributed by atoms with Crippen molar-refractivity contribution in [3.8, 4) is 11.5 Å². The van der Waals surface area contributed by atoms with Gasteiger partial charge in [-0.25, -0.2) is 14.2 Å². The standard InChI is InChI=1S/C22H25FN4O2/c23-19-5-9-21(10-6-19)29-20-7-3-18(4-8-20)11-13-26-22(28)25-12-1-2-15-27-16-14-24-17-27/h3-10,14,16-17H,1-2,11-13,15H2,(H2,25,26,28). The van der Waals surface area contributed by atoms with Gasteiger partial charge in [0.05, 0.1) is 6.33 Å². The number of halogens is 1. The number of ether oxygens (including phenoxy) is 1. The van der Waals surface area contributed by atoms with Crippen LogP contribution in [0.4, 0.5) is 9.18 Å². The Kier molecular flexibility index (Phi) is 7.63. The van der Waals surface area contributed by atoms with Crippen molar-refractivity contribution in [1.82, 2.24) is 20.2 Å². The van der Waals surface area contributed by atoms with Crippen LogP contribution in [0.25, 0.3) is 0 Å². The zero-order valence-corrected chi connectivity index (χ0v) is 16.2. The average molecular weight is 396 g/mol. The van der Waals surface area contributed by atoms with Crippen molar-refractivity contribution in [3.63, 3.8) is 0 Å². The first-order chi connectivity index (χ1) is 14.2. The molecule has 0 aliphatic rings. The summed E-state index contributed by atoms with van der Waals surface area (Å²) in [7, 11) is 0. The largest absolute Gasteiger partial charge is 0.457 e. The minimum Gasteiger partial charge on any atom is -0.457 e. The van der Waals surface area contributed by atoms with Gasteiger partial charge in [-0.3, -0.25) is 0 Å². The van der Waals surface area contributed by atoms with Gasteiger partial charge in [0.2, 0.25) is 0 Å². The van der Waals surface area contributed by atoms with Crippen LogP contribution >= 0.6 is 0 Å². The van der Waals surface area contributed by atoms with Gasteiger partial charge < -0.3 is 19.9 Å². The summed E-state index contributed by atoms with van der Waals surface area (Å²) in [6.45, 7) is 2.11. The van der Waals surface area contributed by atoms with Crippen LogP contribution in [0.5, 0.6) is 11.5 Å². The number of carbonyl (C=O) groups excluding carboxylic acids is 1. The second-order valence-corrected chi connectivity index (χ2v) is 6.64. The molecule has 3 rings (SSSR count). The number of benzene rings is 2. The predicted molar refractivity (Wildman–Crippen MR) is 109 cm³/mol. The minimum absolute atomic E-state index is 0.149. The Hall–Kier alpha value is -3.35. The first-order valence-corrected chi connectivity index (χ1v) is 9.69. The SMILES string of the molecule is O=C(NCCCCn1ccnc1)NCCc1ccc(Oc2ccc(F)cc2)cc1. The molecule has 0 fully saturated rings. The van der Waals surface area contributed by atoms with Crippen molar-refractivity contribution in [2.24, 2.45) is 0 Å². The van der Waals surface area contributed by atoms with E-state index in [4.69, 9.17) is 4.74 Å². The molecule has 2 aromatic carbocycles. The number of carbonyl (C=O) groups is 1. The highest BCUT2D eigenvalue weighted by Gasteiger charge is 2.02. The number of imidazole rings is 1. The van der Waals surface area contributed by atoms with Crippen LogP contribution in [0.1, 0.15) is 18.4 Å². The van der Waals surface area contributed by atoms with E-state index in [-0.39, 0.29) is 11.8 Å². The van der Waals surface area contributed by atoms with Crippen molar-refractivity contribution < 1.29 is 13.9 Å². The molecule has 1 heterocycles. The summed E-state index contributed by atoms with van der Waals surface area (Å²) in [5, 5.41) is 5.73. The number of hydrogen-bond donors (Lipinski definition) is 2. The zero-order chi connectivity index (χ0) is 20.3. The van der Waals surface area contributed by atoms with E-state index in [0.29, 0.717) is 24.6 Å². The van der Waals surface area contributed by atoms with Gasteiger partial charge in [0.25, 0.3) is 0 Å². The monoisotopic (exact) mass is 396 g/mol. The summed E-state index contributed by atoms with van der Waals surface area (Å²) in [4.78, 5) is 15.8. The lowest BCUT2D eigenvalue weighted by molar-refractivity contribution is 0.241. The molecule has 0 saturated carbocycles. The van der Waals surface area contributed by atoms with Gasteiger partial charge in [0.15, 0.2) is 0 Å². The van der Waals surface area contributed by atoms with Crippen LogP contribution in [-0.4, -0.2) is 28.7 Å². The molecule has 6 nitrogen and oxygen atoms in total. The Balaban J connectivity index is 1.28. The van der Waals surface area contributed by atoms with E-state index >= 15 is 0 Å². The molecular weight excluding hydrogens is 371 g/mol. The van der Waals surface area contributed by atoms with Crippen LogP contribution in [0.3, 0.4) is 0 Å². The fourth-order valence-corrected chi connectivity index (χ4v) is 2.79. The molecule has 3 aromatic rings. The van der Waals surface area contributed by atoms with Crippen LogP contribution in [0.2, 0.25) is 0 Å². The summed E-state index contributed by atoms with van der Waals surface area (Å²) in [5.74, 6) is 0.975. The normalized spacial score (nSPS) is 10.5. The Morgan fingerprint density at radius 2 is 1.66 bits per heavy atom. The third-order valence-electron chi connectivity index (χ3n) is 4.36. The molecule has 0 aliphatic carbocycles. The number of amides is 2. The molecule has 29 heavy (non-hydrogen) atoms. The second kappa shape index (κ2) is 10.8. The third kappa shape index (κ3) is 7.29. The Bertz CT molecular complexity index is 865. The van der Waals surface area contributed by atoms with Gasteiger partial charge in [-0.2, -0.15) is 0 Å². The number of unbranched alkanes of at least 4 members (excludes halogenated alkanes) is 1. The van der Waals surface area contributed by atoms with Gasteiger partial charge in [0.1, 0.15) is 17.3 Å². The van der Waals surface area contributed by atoms with E-state index in [0.717, 1.165) is 31.4 Å². The van der Waals surface area contributed by atoms with Crippen molar-refractivity contribution in [1.29, 1.82) is 0 Å². The fraction of sp³-hybridized carbons (Fsp3) is 0.273. The molecule has 0 radical (unpaired) electrons. The number of nitrogens with zero attached hydrogens (tertiary/aromatic N) is 2.